The van der Waals surface area contributed by atoms with E-state index in [9.17, 15) is 9.90 Å². The van der Waals surface area contributed by atoms with Crippen molar-refractivity contribution in [3.8, 4) is 0 Å². The van der Waals surface area contributed by atoms with Gasteiger partial charge in [0.1, 0.15) is 11.4 Å². The van der Waals surface area contributed by atoms with E-state index >= 15 is 0 Å². The molecule has 1 amide bonds. The largest absolute Gasteiger partial charge is 0.383 e. The molecule has 0 spiro atoms. The molecule has 1 aliphatic carbocycles. The Balaban J connectivity index is 1.45. The summed E-state index contributed by atoms with van der Waals surface area (Å²) < 4.78 is 1.75. The van der Waals surface area contributed by atoms with Gasteiger partial charge in [-0.25, -0.2) is 0 Å². The molecular weight excluding hydrogens is 354 g/mol. The van der Waals surface area contributed by atoms with Crippen molar-refractivity contribution >= 4 is 23.3 Å². The lowest BCUT2D eigenvalue weighted by Crippen LogP contribution is -2.46. The number of nitrogens with one attached hydrogen (secondary N) is 1. The van der Waals surface area contributed by atoms with E-state index in [2.05, 4.69) is 20.3 Å². The number of hydrogen-bond donors (Lipinski definition) is 2. The maximum atomic E-state index is 12.0. The number of benzene rings is 1. The summed E-state index contributed by atoms with van der Waals surface area (Å²) in [6.07, 6.45) is 3.48. The fourth-order valence-corrected chi connectivity index (χ4v) is 3.96. The van der Waals surface area contributed by atoms with E-state index in [1.54, 1.807) is 4.52 Å². The van der Waals surface area contributed by atoms with E-state index in [1.807, 2.05) is 48.5 Å². The normalized spacial score (nSPS) is 22.4. The number of rotatable bonds is 4. The van der Waals surface area contributed by atoms with Gasteiger partial charge in [-0.05, 0) is 43.4 Å². The number of fused-ring (bicyclic) bond motifs is 1. The van der Waals surface area contributed by atoms with Crippen molar-refractivity contribution < 1.29 is 9.90 Å². The Labute approximate surface area is 163 Å². The molecule has 7 heteroatoms. The number of nitrogens with zero attached hydrogens (tertiary/aromatic N) is 4. The van der Waals surface area contributed by atoms with Crippen LogP contribution in [-0.4, -0.2) is 38.7 Å². The summed E-state index contributed by atoms with van der Waals surface area (Å²) in [6.45, 7) is 1.32. The molecule has 1 saturated carbocycles. The quantitative estimate of drug-likeness (QED) is 0.730. The highest BCUT2D eigenvalue weighted by atomic mass is 16.3. The summed E-state index contributed by atoms with van der Waals surface area (Å²) in [5, 5.41) is 18.6. The molecule has 28 heavy (non-hydrogen) atoms. The third kappa shape index (κ3) is 3.11. The Hall–Kier alpha value is -2.93. The van der Waals surface area contributed by atoms with Gasteiger partial charge < -0.3 is 10.0 Å². The van der Waals surface area contributed by atoms with E-state index in [0.29, 0.717) is 18.1 Å². The first-order valence-corrected chi connectivity index (χ1v) is 9.82. The molecule has 7 nitrogen and oxygen atoms in total. The predicted molar refractivity (Wildman–Crippen MR) is 106 cm³/mol. The Bertz CT molecular complexity index is 1010. The van der Waals surface area contributed by atoms with E-state index in [-0.39, 0.29) is 11.8 Å². The van der Waals surface area contributed by atoms with Crippen LogP contribution in [0.3, 0.4) is 0 Å². The van der Waals surface area contributed by atoms with Gasteiger partial charge in [-0.2, -0.15) is 9.50 Å². The summed E-state index contributed by atoms with van der Waals surface area (Å²) in [4.78, 5) is 18.6. The van der Waals surface area contributed by atoms with Gasteiger partial charge in [-0.3, -0.25) is 10.1 Å². The average Bonchev–Trinajstić information content (AvgIpc) is 3.48. The standard InChI is InChI=1S/C21H23N5O2/c27-19(15-10-11-15)23-20-22-17-8-4-9-18(26(17)24-20)25-13-5-12-21(28,14-25)16-6-2-1-3-7-16/h1-4,6-9,15,28H,5,10-14H2,(H,23,24,27). The van der Waals surface area contributed by atoms with Gasteiger partial charge in [-0.1, -0.05) is 36.4 Å². The van der Waals surface area contributed by atoms with Gasteiger partial charge >= 0.3 is 0 Å². The van der Waals surface area contributed by atoms with Crippen molar-refractivity contribution in [2.24, 2.45) is 5.92 Å². The maximum absolute atomic E-state index is 12.0. The third-order valence-corrected chi connectivity index (χ3v) is 5.63. The van der Waals surface area contributed by atoms with Crippen LogP contribution < -0.4 is 10.2 Å². The fraction of sp³-hybridized carbons (Fsp3) is 0.381. The molecule has 1 unspecified atom stereocenters. The molecule has 1 aromatic carbocycles. The first-order valence-electron chi connectivity index (χ1n) is 9.82. The molecule has 1 saturated heterocycles. The van der Waals surface area contributed by atoms with Crippen LogP contribution in [0.4, 0.5) is 11.8 Å². The molecule has 144 valence electrons. The van der Waals surface area contributed by atoms with Gasteiger partial charge in [-0.15, -0.1) is 5.10 Å². The van der Waals surface area contributed by atoms with Crippen molar-refractivity contribution in [3.63, 3.8) is 0 Å². The summed E-state index contributed by atoms with van der Waals surface area (Å²) in [5.74, 6) is 1.30. The molecule has 2 aliphatic rings. The number of piperidine rings is 1. The van der Waals surface area contributed by atoms with Crippen molar-refractivity contribution in [3.05, 3.63) is 54.1 Å². The van der Waals surface area contributed by atoms with Gasteiger partial charge in [0.25, 0.3) is 0 Å². The molecule has 0 radical (unpaired) electrons. The van der Waals surface area contributed by atoms with E-state index in [1.165, 1.54) is 0 Å². The molecule has 2 aromatic heterocycles. The Morgan fingerprint density at radius 1 is 1.14 bits per heavy atom. The van der Waals surface area contributed by atoms with Crippen LogP contribution in [0, 0.1) is 5.92 Å². The second kappa shape index (κ2) is 6.60. The van der Waals surface area contributed by atoms with Crippen molar-refractivity contribution in [2.45, 2.75) is 31.3 Å². The molecule has 2 fully saturated rings. The third-order valence-electron chi connectivity index (χ3n) is 5.63. The second-order valence-corrected chi connectivity index (χ2v) is 7.78. The zero-order valence-electron chi connectivity index (χ0n) is 15.6. The van der Waals surface area contributed by atoms with Gasteiger partial charge in [0.05, 0.1) is 6.54 Å². The Kier molecular flexibility index (Phi) is 4.05. The maximum Gasteiger partial charge on any atom is 0.249 e. The number of aliphatic hydroxyl groups is 1. The lowest BCUT2D eigenvalue weighted by molar-refractivity contribution is -0.117. The summed E-state index contributed by atoms with van der Waals surface area (Å²) >= 11 is 0. The monoisotopic (exact) mass is 377 g/mol. The number of carbonyl (C=O) groups is 1. The minimum Gasteiger partial charge on any atom is -0.383 e. The summed E-state index contributed by atoms with van der Waals surface area (Å²) in [5.41, 5.74) is 0.714. The molecule has 2 N–H and O–H groups in total. The number of β-amino-alcohol motifs (C(OH)–C–C–N with tert-alkyl or cyclic N) is 1. The number of anilines is 2. The van der Waals surface area contributed by atoms with Gasteiger partial charge in [0, 0.05) is 12.5 Å². The highest BCUT2D eigenvalue weighted by Gasteiger charge is 2.36. The number of pyridine rings is 1. The average molecular weight is 377 g/mol. The zero-order valence-corrected chi connectivity index (χ0v) is 15.6. The van der Waals surface area contributed by atoms with E-state index in [4.69, 9.17) is 0 Å². The first kappa shape index (κ1) is 17.2. The van der Waals surface area contributed by atoms with Gasteiger partial charge in [0.15, 0.2) is 5.65 Å². The van der Waals surface area contributed by atoms with Crippen LogP contribution in [-0.2, 0) is 10.4 Å². The number of aromatic nitrogens is 3. The van der Waals surface area contributed by atoms with Crippen LogP contribution >= 0.6 is 0 Å². The lowest BCUT2D eigenvalue weighted by atomic mass is 9.86. The summed E-state index contributed by atoms with van der Waals surface area (Å²) in [6, 6.07) is 15.6. The number of amides is 1. The smallest absolute Gasteiger partial charge is 0.249 e. The Morgan fingerprint density at radius 2 is 1.96 bits per heavy atom. The number of carbonyl (C=O) groups excluding carboxylic acids is 1. The highest BCUT2D eigenvalue weighted by Crippen LogP contribution is 2.34. The predicted octanol–water partition coefficient (Wildman–Crippen LogP) is 2.57. The highest BCUT2D eigenvalue weighted by molar-refractivity contribution is 5.92. The van der Waals surface area contributed by atoms with E-state index < -0.39 is 5.60 Å². The first-order chi connectivity index (χ1) is 13.6. The molecule has 5 rings (SSSR count). The minimum absolute atomic E-state index is 0.00567. The second-order valence-electron chi connectivity index (χ2n) is 7.78. The van der Waals surface area contributed by atoms with Crippen LogP contribution in [0.2, 0.25) is 0 Å². The van der Waals surface area contributed by atoms with Crippen LogP contribution in [0.15, 0.2) is 48.5 Å². The van der Waals surface area contributed by atoms with Crippen LogP contribution in [0.25, 0.3) is 5.65 Å². The minimum atomic E-state index is -0.898. The molecule has 1 atom stereocenters. The van der Waals surface area contributed by atoms with Crippen LogP contribution in [0.1, 0.15) is 31.2 Å². The van der Waals surface area contributed by atoms with Crippen molar-refractivity contribution in [2.75, 3.05) is 23.3 Å². The van der Waals surface area contributed by atoms with Gasteiger partial charge in [0.2, 0.25) is 11.9 Å². The molecule has 3 aromatic rings. The van der Waals surface area contributed by atoms with Crippen molar-refractivity contribution in [1.82, 2.24) is 14.6 Å². The topological polar surface area (TPSA) is 82.8 Å². The zero-order chi connectivity index (χ0) is 19.1. The lowest BCUT2D eigenvalue weighted by Gasteiger charge is -2.40. The SMILES string of the molecule is O=C(Nc1nc2cccc(N3CCCC(O)(c4ccccc4)C3)n2n1)C1CC1. The molecular formula is C21H23N5O2. The molecule has 1 aliphatic heterocycles. The van der Waals surface area contributed by atoms with Crippen LogP contribution in [0.5, 0.6) is 0 Å². The fourth-order valence-electron chi connectivity index (χ4n) is 3.96. The van der Waals surface area contributed by atoms with E-state index in [0.717, 1.165) is 43.6 Å². The molecule has 3 heterocycles. The molecule has 0 bridgehead atoms. The number of hydrogen-bond acceptors (Lipinski definition) is 5. The van der Waals surface area contributed by atoms with Crippen molar-refractivity contribution in [1.29, 1.82) is 0 Å². The summed E-state index contributed by atoms with van der Waals surface area (Å²) in [7, 11) is 0. The Morgan fingerprint density at radius 3 is 2.75 bits per heavy atom.